The molecule has 5 heteroatoms. The Hall–Kier alpha value is -1.10. The Kier molecular flexibility index (Phi) is 5.35. The average Bonchev–Trinajstić information content (AvgIpc) is 2.22. The van der Waals surface area contributed by atoms with E-state index in [0.717, 1.165) is 0 Å². The minimum atomic E-state index is -0.498. The Morgan fingerprint density at radius 2 is 1.68 bits per heavy atom. The maximum Gasteiger partial charge on any atom is 0.306 e. The first-order valence-electron chi connectivity index (χ1n) is 6.82. The standard InChI is InChI=1S/C14H25NO4/c1-10-8-15(9-11(2)18-10)12(16)6-7-13(17)19-14(3,4)5/h10-11H,6-9H2,1-5H3. The van der Waals surface area contributed by atoms with E-state index in [4.69, 9.17) is 9.47 Å². The summed E-state index contributed by atoms with van der Waals surface area (Å²) >= 11 is 0. The number of hydrogen-bond acceptors (Lipinski definition) is 4. The average molecular weight is 271 g/mol. The number of esters is 1. The zero-order chi connectivity index (χ0) is 14.6. The molecule has 1 aliphatic rings. The van der Waals surface area contributed by atoms with E-state index in [1.54, 1.807) is 4.90 Å². The second kappa shape index (κ2) is 6.37. The third kappa shape index (κ3) is 6.05. The van der Waals surface area contributed by atoms with Crippen LogP contribution in [0.4, 0.5) is 0 Å². The Morgan fingerprint density at radius 3 is 2.16 bits per heavy atom. The SMILES string of the molecule is CC1CN(C(=O)CCC(=O)OC(C)(C)C)CC(C)O1. The number of rotatable bonds is 3. The molecule has 1 fully saturated rings. The normalized spacial score (nSPS) is 24.2. The van der Waals surface area contributed by atoms with Gasteiger partial charge in [0.05, 0.1) is 18.6 Å². The highest BCUT2D eigenvalue weighted by Crippen LogP contribution is 2.14. The molecule has 0 aromatic heterocycles. The molecule has 0 saturated carbocycles. The lowest BCUT2D eigenvalue weighted by Gasteiger charge is -2.35. The maximum absolute atomic E-state index is 12.0. The van der Waals surface area contributed by atoms with Crippen LogP contribution in [-0.4, -0.2) is 47.7 Å². The van der Waals surface area contributed by atoms with E-state index in [0.29, 0.717) is 13.1 Å². The fourth-order valence-electron chi connectivity index (χ4n) is 2.14. The quantitative estimate of drug-likeness (QED) is 0.734. The zero-order valence-electron chi connectivity index (χ0n) is 12.6. The van der Waals surface area contributed by atoms with Crippen LogP contribution < -0.4 is 0 Å². The van der Waals surface area contributed by atoms with Crippen molar-refractivity contribution in [3.63, 3.8) is 0 Å². The van der Waals surface area contributed by atoms with Crippen LogP contribution in [0.25, 0.3) is 0 Å². The Labute approximate surface area is 115 Å². The predicted octanol–water partition coefficient (Wildman–Crippen LogP) is 1.74. The third-order valence-corrected chi connectivity index (χ3v) is 2.74. The van der Waals surface area contributed by atoms with Crippen LogP contribution in [0.2, 0.25) is 0 Å². The van der Waals surface area contributed by atoms with Crippen molar-refractivity contribution < 1.29 is 19.1 Å². The van der Waals surface area contributed by atoms with Crippen LogP contribution in [-0.2, 0) is 19.1 Å². The zero-order valence-corrected chi connectivity index (χ0v) is 12.6. The lowest BCUT2D eigenvalue weighted by atomic mass is 10.2. The molecular weight excluding hydrogens is 246 g/mol. The van der Waals surface area contributed by atoms with Gasteiger partial charge in [-0.3, -0.25) is 9.59 Å². The van der Waals surface area contributed by atoms with Crippen LogP contribution in [0.15, 0.2) is 0 Å². The van der Waals surface area contributed by atoms with Gasteiger partial charge in [-0.1, -0.05) is 0 Å². The molecular formula is C14H25NO4. The van der Waals surface area contributed by atoms with Gasteiger partial charge < -0.3 is 14.4 Å². The first kappa shape index (κ1) is 16.0. The number of ether oxygens (including phenoxy) is 2. The number of amides is 1. The van der Waals surface area contributed by atoms with Gasteiger partial charge in [-0.25, -0.2) is 0 Å². The van der Waals surface area contributed by atoms with E-state index >= 15 is 0 Å². The molecule has 2 atom stereocenters. The van der Waals surface area contributed by atoms with Crippen molar-refractivity contribution in [1.29, 1.82) is 0 Å². The number of carbonyl (C=O) groups is 2. The van der Waals surface area contributed by atoms with Gasteiger partial charge in [-0.15, -0.1) is 0 Å². The van der Waals surface area contributed by atoms with Gasteiger partial charge in [0.25, 0.3) is 0 Å². The van der Waals surface area contributed by atoms with E-state index in [1.807, 2.05) is 34.6 Å². The summed E-state index contributed by atoms with van der Waals surface area (Å²) in [5.74, 6) is -0.330. The van der Waals surface area contributed by atoms with Gasteiger partial charge in [-0.05, 0) is 34.6 Å². The topological polar surface area (TPSA) is 55.8 Å². The molecule has 1 heterocycles. The predicted molar refractivity (Wildman–Crippen MR) is 71.7 cm³/mol. The third-order valence-electron chi connectivity index (χ3n) is 2.74. The molecule has 0 N–H and O–H groups in total. The van der Waals surface area contributed by atoms with Crippen LogP contribution >= 0.6 is 0 Å². The second-order valence-electron chi connectivity index (χ2n) is 6.14. The van der Waals surface area contributed by atoms with E-state index in [9.17, 15) is 9.59 Å². The molecule has 0 spiro atoms. The molecule has 0 bridgehead atoms. The van der Waals surface area contributed by atoms with Gasteiger partial charge in [-0.2, -0.15) is 0 Å². The van der Waals surface area contributed by atoms with Crippen LogP contribution in [0.3, 0.4) is 0 Å². The monoisotopic (exact) mass is 271 g/mol. The summed E-state index contributed by atoms with van der Waals surface area (Å²) in [6.07, 6.45) is 0.438. The highest BCUT2D eigenvalue weighted by Gasteiger charge is 2.26. The van der Waals surface area contributed by atoms with Crippen molar-refractivity contribution in [2.24, 2.45) is 0 Å². The molecule has 1 saturated heterocycles. The molecule has 5 nitrogen and oxygen atoms in total. The summed E-state index contributed by atoms with van der Waals surface area (Å²) in [7, 11) is 0. The van der Waals surface area contributed by atoms with Crippen molar-refractivity contribution >= 4 is 11.9 Å². The van der Waals surface area contributed by atoms with E-state index in [2.05, 4.69) is 0 Å². The molecule has 0 radical (unpaired) electrons. The largest absolute Gasteiger partial charge is 0.460 e. The lowest BCUT2D eigenvalue weighted by Crippen LogP contribution is -2.48. The number of morpholine rings is 1. The summed E-state index contributed by atoms with van der Waals surface area (Å²) in [4.78, 5) is 25.3. The summed E-state index contributed by atoms with van der Waals surface area (Å²) in [5.41, 5.74) is -0.498. The van der Waals surface area contributed by atoms with Crippen molar-refractivity contribution in [1.82, 2.24) is 4.90 Å². The van der Waals surface area contributed by atoms with Gasteiger partial charge in [0, 0.05) is 19.5 Å². The van der Waals surface area contributed by atoms with Gasteiger partial charge in [0.1, 0.15) is 5.60 Å². The molecule has 0 aromatic rings. The molecule has 1 rings (SSSR count). The smallest absolute Gasteiger partial charge is 0.306 e. The van der Waals surface area contributed by atoms with Crippen molar-refractivity contribution in [2.75, 3.05) is 13.1 Å². The molecule has 1 aliphatic heterocycles. The van der Waals surface area contributed by atoms with Crippen molar-refractivity contribution in [2.45, 2.75) is 65.3 Å². The van der Waals surface area contributed by atoms with E-state index in [1.165, 1.54) is 0 Å². The lowest BCUT2D eigenvalue weighted by molar-refractivity contribution is -0.157. The molecule has 2 unspecified atom stereocenters. The molecule has 110 valence electrons. The summed E-state index contributed by atoms with van der Waals surface area (Å²) < 4.78 is 10.8. The first-order chi connectivity index (χ1) is 8.67. The summed E-state index contributed by atoms with van der Waals surface area (Å²) in [6.45, 7) is 10.5. The van der Waals surface area contributed by atoms with Crippen LogP contribution in [0.5, 0.6) is 0 Å². The highest BCUT2D eigenvalue weighted by atomic mass is 16.6. The fraction of sp³-hybridized carbons (Fsp3) is 0.857. The maximum atomic E-state index is 12.0. The Morgan fingerprint density at radius 1 is 1.16 bits per heavy atom. The first-order valence-corrected chi connectivity index (χ1v) is 6.82. The fourth-order valence-corrected chi connectivity index (χ4v) is 2.14. The Bertz CT molecular complexity index is 325. The number of nitrogens with zero attached hydrogens (tertiary/aromatic N) is 1. The highest BCUT2D eigenvalue weighted by molar-refractivity contribution is 5.81. The molecule has 0 aromatic carbocycles. The van der Waals surface area contributed by atoms with Crippen LogP contribution in [0, 0.1) is 0 Å². The summed E-state index contributed by atoms with van der Waals surface area (Å²) in [5, 5.41) is 0. The van der Waals surface area contributed by atoms with Crippen molar-refractivity contribution in [3.8, 4) is 0 Å². The minimum absolute atomic E-state index is 0.00661. The van der Waals surface area contributed by atoms with Gasteiger partial charge >= 0.3 is 5.97 Å². The molecule has 1 amide bonds. The van der Waals surface area contributed by atoms with E-state index < -0.39 is 5.60 Å². The van der Waals surface area contributed by atoms with E-state index in [-0.39, 0.29) is 36.9 Å². The molecule has 19 heavy (non-hydrogen) atoms. The van der Waals surface area contributed by atoms with Crippen molar-refractivity contribution in [3.05, 3.63) is 0 Å². The number of carbonyl (C=O) groups excluding carboxylic acids is 2. The molecule has 0 aliphatic carbocycles. The van der Waals surface area contributed by atoms with Crippen LogP contribution in [0.1, 0.15) is 47.5 Å². The van der Waals surface area contributed by atoms with Gasteiger partial charge in [0.2, 0.25) is 5.91 Å². The van der Waals surface area contributed by atoms with Gasteiger partial charge in [0.15, 0.2) is 0 Å². The summed E-state index contributed by atoms with van der Waals surface area (Å²) in [6, 6.07) is 0. The number of hydrogen-bond donors (Lipinski definition) is 0. The minimum Gasteiger partial charge on any atom is -0.460 e. The Balaban J connectivity index is 2.37. The second-order valence-corrected chi connectivity index (χ2v) is 6.14.